The quantitative estimate of drug-likeness (QED) is 0.235. The monoisotopic (exact) mass is 468 g/mol. The molecule has 0 atom stereocenters. The molecule has 1 N–H and O–H groups in total. The highest BCUT2D eigenvalue weighted by Gasteiger charge is 2.19. The van der Waals surface area contributed by atoms with E-state index >= 15 is 0 Å². The molecular formula is C29H32N4O2. The van der Waals surface area contributed by atoms with Gasteiger partial charge in [0.05, 0.1) is 18.0 Å². The van der Waals surface area contributed by atoms with Crippen LogP contribution in [0.4, 0.5) is 0 Å². The predicted octanol–water partition coefficient (Wildman–Crippen LogP) is 6.07. The summed E-state index contributed by atoms with van der Waals surface area (Å²) in [4.78, 5) is 12.9. The molecule has 1 fully saturated rings. The lowest BCUT2D eigenvalue weighted by molar-refractivity contribution is -0.117. The van der Waals surface area contributed by atoms with Gasteiger partial charge in [0.1, 0.15) is 17.4 Å². The molecule has 0 aliphatic heterocycles. The zero-order chi connectivity index (χ0) is 24.5. The second-order valence-corrected chi connectivity index (χ2v) is 8.92. The summed E-state index contributed by atoms with van der Waals surface area (Å²) in [6.07, 6.45) is 11.0. The number of aromatic nitrogens is 2. The van der Waals surface area contributed by atoms with Crippen LogP contribution in [0, 0.1) is 11.3 Å². The van der Waals surface area contributed by atoms with Gasteiger partial charge in [-0.25, -0.2) is 4.68 Å². The number of ether oxygens (including phenoxy) is 1. The van der Waals surface area contributed by atoms with E-state index in [0.717, 1.165) is 55.5 Å². The van der Waals surface area contributed by atoms with Crippen molar-refractivity contribution in [2.24, 2.45) is 0 Å². The fourth-order valence-corrected chi connectivity index (χ4v) is 4.29. The molecule has 1 amide bonds. The van der Waals surface area contributed by atoms with E-state index in [0.29, 0.717) is 17.9 Å². The Morgan fingerprint density at radius 1 is 1.14 bits per heavy atom. The number of carbonyl (C=O) groups is 1. The minimum atomic E-state index is -0.322. The third kappa shape index (κ3) is 6.39. The normalized spacial score (nSPS) is 14.3. The van der Waals surface area contributed by atoms with E-state index in [2.05, 4.69) is 18.3 Å². The zero-order valence-corrected chi connectivity index (χ0v) is 20.2. The van der Waals surface area contributed by atoms with E-state index < -0.39 is 0 Å². The van der Waals surface area contributed by atoms with Crippen molar-refractivity contribution >= 4 is 12.0 Å². The Bertz CT molecular complexity index is 1180. The van der Waals surface area contributed by atoms with Crippen LogP contribution in [-0.4, -0.2) is 28.3 Å². The van der Waals surface area contributed by atoms with Crippen LogP contribution in [-0.2, 0) is 4.79 Å². The van der Waals surface area contributed by atoms with Gasteiger partial charge in [-0.2, -0.15) is 10.4 Å². The lowest BCUT2D eigenvalue weighted by Gasteiger charge is -2.22. The molecule has 3 aromatic rings. The number of nitrogens with one attached hydrogen (secondary N) is 1. The fourth-order valence-electron chi connectivity index (χ4n) is 4.29. The van der Waals surface area contributed by atoms with Gasteiger partial charge in [0.25, 0.3) is 5.91 Å². The molecule has 6 heteroatoms. The summed E-state index contributed by atoms with van der Waals surface area (Å²) >= 11 is 0. The molecule has 0 radical (unpaired) electrons. The van der Waals surface area contributed by atoms with Gasteiger partial charge in [-0.05, 0) is 61.7 Å². The molecule has 1 aliphatic rings. The van der Waals surface area contributed by atoms with Crippen molar-refractivity contribution in [3.8, 4) is 28.8 Å². The molecule has 0 unspecified atom stereocenters. The maximum Gasteiger partial charge on any atom is 0.262 e. The lowest BCUT2D eigenvalue weighted by atomic mass is 9.95. The topological polar surface area (TPSA) is 79.9 Å². The Morgan fingerprint density at radius 3 is 2.57 bits per heavy atom. The molecule has 1 aromatic heterocycles. The Morgan fingerprint density at radius 2 is 1.89 bits per heavy atom. The summed E-state index contributed by atoms with van der Waals surface area (Å²) in [5, 5.41) is 17.6. The van der Waals surface area contributed by atoms with Crippen LogP contribution >= 0.6 is 0 Å². The highest BCUT2D eigenvalue weighted by molar-refractivity contribution is 6.02. The minimum Gasteiger partial charge on any atom is -0.494 e. The van der Waals surface area contributed by atoms with E-state index in [1.165, 1.54) is 6.42 Å². The molecule has 180 valence electrons. The average Bonchev–Trinajstić information content (AvgIpc) is 3.33. The number of rotatable bonds is 9. The largest absolute Gasteiger partial charge is 0.494 e. The third-order valence-electron chi connectivity index (χ3n) is 6.26. The van der Waals surface area contributed by atoms with Crippen molar-refractivity contribution in [2.45, 2.75) is 57.9 Å². The molecule has 0 saturated heterocycles. The maximum absolute atomic E-state index is 12.9. The SMILES string of the molecule is CCCCOc1ccc(-c2nn(-c3ccccc3)cc2C=C(C#N)C(=O)NC2CCCCC2)cc1. The molecule has 1 aliphatic carbocycles. The van der Waals surface area contributed by atoms with Crippen molar-refractivity contribution in [1.82, 2.24) is 15.1 Å². The first-order valence-corrected chi connectivity index (χ1v) is 12.5. The standard InChI is InChI=1S/C29H32N4O2/c1-2-3-18-35-27-16-14-22(15-17-27)28-24(21-33(32-28)26-12-8-5-9-13-26)19-23(20-30)29(34)31-25-10-6-4-7-11-25/h5,8-9,12-17,19,21,25H,2-4,6-7,10-11,18H2,1H3,(H,31,34). The number of hydrogen-bond acceptors (Lipinski definition) is 4. The first-order valence-electron chi connectivity index (χ1n) is 12.5. The summed E-state index contributed by atoms with van der Waals surface area (Å²) < 4.78 is 7.57. The van der Waals surface area contributed by atoms with Crippen LogP contribution in [0.5, 0.6) is 5.75 Å². The van der Waals surface area contributed by atoms with Crippen molar-refractivity contribution in [3.05, 3.63) is 71.9 Å². The summed E-state index contributed by atoms with van der Waals surface area (Å²) in [6.45, 7) is 2.82. The van der Waals surface area contributed by atoms with Crippen LogP contribution in [0.25, 0.3) is 23.0 Å². The first-order chi connectivity index (χ1) is 17.2. The number of para-hydroxylation sites is 1. The minimum absolute atomic E-state index is 0.0870. The molecular weight excluding hydrogens is 436 g/mol. The van der Waals surface area contributed by atoms with Crippen molar-refractivity contribution < 1.29 is 9.53 Å². The van der Waals surface area contributed by atoms with Gasteiger partial charge in [-0.15, -0.1) is 0 Å². The summed E-state index contributed by atoms with van der Waals surface area (Å²) in [6, 6.07) is 19.8. The van der Waals surface area contributed by atoms with E-state index in [4.69, 9.17) is 9.84 Å². The molecule has 1 heterocycles. The Kier molecular flexibility index (Phi) is 8.34. The van der Waals surface area contributed by atoms with Gasteiger partial charge in [0.15, 0.2) is 0 Å². The smallest absolute Gasteiger partial charge is 0.262 e. The van der Waals surface area contributed by atoms with Crippen LogP contribution in [0.15, 0.2) is 66.4 Å². The van der Waals surface area contributed by atoms with E-state index in [-0.39, 0.29) is 17.5 Å². The van der Waals surface area contributed by atoms with Gasteiger partial charge in [0, 0.05) is 23.4 Å². The number of hydrogen-bond donors (Lipinski definition) is 1. The van der Waals surface area contributed by atoms with Crippen molar-refractivity contribution in [1.29, 1.82) is 5.26 Å². The summed E-state index contributed by atoms with van der Waals surface area (Å²) in [5.41, 5.74) is 3.29. The highest BCUT2D eigenvalue weighted by atomic mass is 16.5. The number of benzene rings is 2. The molecule has 0 bridgehead atoms. The van der Waals surface area contributed by atoms with Crippen LogP contribution in [0.2, 0.25) is 0 Å². The zero-order valence-electron chi connectivity index (χ0n) is 20.2. The molecule has 2 aromatic carbocycles. The first kappa shape index (κ1) is 24.3. The third-order valence-corrected chi connectivity index (χ3v) is 6.26. The predicted molar refractivity (Wildman–Crippen MR) is 138 cm³/mol. The second-order valence-electron chi connectivity index (χ2n) is 8.92. The number of unbranched alkanes of at least 4 members (excludes halogenated alkanes) is 1. The average molecular weight is 469 g/mol. The van der Waals surface area contributed by atoms with E-state index in [9.17, 15) is 10.1 Å². The molecule has 4 rings (SSSR count). The second kappa shape index (κ2) is 12.0. The maximum atomic E-state index is 12.9. The number of nitriles is 1. The number of nitrogens with zero attached hydrogens (tertiary/aromatic N) is 3. The van der Waals surface area contributed by atoms with Gasteiger partial charge < -0.3 is 10.1 Å². The van der Waals surface area contributed by atoms with Crippen LogP contribution in [0.1, 0.15) is 57.4 Å². The molecule has 6 nitrogen and oxygen atoms in total. The molecule has 0 spiro atoms. The fraction of sp³-hybridized carbons (Fsp3) is 0.345. The van der Waals surface area contributed by atoms with Gasteiger partial charge in [0.2, 0.25) is 0 Å². The van der Waals surface area contributed by atoms with E-state index in [1.54, 1.807) is 10.8 Å². The molecule has 1 saturated carbocycles. The van der Waals surface area contributed by atoms with Crippen molar-refractivity contribution in [2.75, 3.05) is 6.61 Å². The highest BCUT2D eigenvalue weighted by Crippen LogP contribution is 2.28. The Hall–Kier alpha value is -3.85. The number of amides is 1. The van der Waals surface area contributed by atoms with E-state index in [1.807, 2.05) is 60.8 Å². The van der Waals surface area contributed by atoms with Crippen molar-refractivity contribution in [3.63, 3.8) is 0 Å². The van der Waals surface area contributed by atoms with Crippen LogP contribution < -0.4 is 10.1 Å². The summed E-state index contributed by atoms with van der Waals surface area (Å²) in [7, 11) is 0. The van der Waals surface area contributed by atoms with Gasteiger partial charge >= 0.3 is 0 Å². The molecule has 35 heavy (non-hydrogen) atoms. The van der Waals surface area contributed by atoms with Gasteiger partial charge in [-0.1, -0.05) is 50.8 Å². The summed E-state index contributed by atoms with van der Waals surface area (Å²) in [5.74, 6) is 0.490. The van der Waals surface area contributed by atoms with Crippen LogP contribution in [0.3, 0.4) is 0 Å². The Balaban J connectivity index is 1.65. The Labute approximate surface area is 207 Å². The van der Waals surface area contributed by atoms with Gasteiger partial charge in [-0.3, -0.25) is 4.79 Å². The lowest BCUT2D eigenvalue weighted by Crippen LogP contribution is -2.36. The number of carbonyl (C=O) groups excluding carboxylic acids is 1.